The first-order valence-electron chi connectivity index (χ1n) is 7.38. The van der Waals surface area contributed by atoms with Gasteiger partial charge in [0.15, 0.2) is 16.6 Å². The zero-order valence-electron chi connectivity index (χ0n) is 13.7. The minimum atomic E-state index is -0.501. The molecule has 0 bridgehead atoms. The van der Waals surface area contributed by atoms with Gasteiger partial charge in [-0.1, -0.05) is 11.3 Å². The number of hydrogen-bond acceptors (Lipinski definition) is 7. The molecule has 25 heavy (non-hydrogen) atoms. The number of rotatable bonds is 5. The highest BCUT2D eigenvalue weighted by atomic mass is 32.1. The third-order valence-corrected chi connectivity index (χ3v) is 4.38. The molecule has 0 spiro atoms. The molecule has 0 aliphatic heterocycles. The molecule has 130 valence electrons. The summed E-state index contributed by atoms with van der Waals surface area (Å²) in [5, 5.41) is 18.2. The Bertz CT molecular complexity index is 962. The Labute approximate surface area is 146 Å². The maximum atomic E-state index is 12.3. The number of benzene rings is 1. The highest BCUT2D eigenvalue weighted by Crippen LogP contribution is 2.36. The number of thiazole rings is 1. The van der Waals surface area contributed by atoms with Crippen LogP contribution in [-0.4, -0.2) is 32.7 Å². The number of carbonyl (C=O) groups is 1. The Hall–Kier alpha value is -3.01. The molecule has 1 N–H and O–H groups in total. The van der Waals surface area contributed by atoms with E-state index in [2.05, 4.69) is 15.4 Å². The number of hydrogen-bond donors (Lipinski definition) is 1. The SMILES string of the molecule is COc1cc([N+](=O)[O-])cc2sc(NC(=O)c3ccn(C(C)C)n3)nc12. The van der Waals surface area contributed by atoms with Crippen molar-refractivity contribution in [1.29, 1.82) is 0 Å². The lowest BCUT2D eigenvalue weighted by Gasteiger charge is -2.03. The Morgan fingerprint density at radius 1 is 1.44 bits per heavy atom. The highest BCUT2D eigenvalue weighted by molar-refractivity contribution is 7.22. The Kier molecular flexibility index (Phi) is 4.36. The van der Waals surface area contributed by atoms with Crippen LogP contribution in [0.3, 0.4) is 0 Å². The smallest absolute Gasteiger partial charge is 0.277 e. The Balaban J connectivity index is 1.90. The van der Waals surface area contributed by atoms with Crippen LogP contribution in [0.5, 0.6) is 5.75 Å². The molecule has 2 aromatic heterocycles. The van der Waals surface area contributed by atoms with Gasteiger partial charge < -0.3 is 4.74 Å². The number of amides is 1. The number of nitro groups is 1. The van der Waals surface area contributed by atoms with Crippen LogP contribution in [0.1, 0.15) is 30.4 Å². The number of methoxy groups -OCH3 is 1. The van der Waals surface area contributed by atoms with Gasteiger partial charge in [0.1, 0.15) is 5.52 Å². The third-order valence-electron chi connectivity index (χ3n) is 3.47. The molecule has 3 rings (SSSR count). The second kappa shape index (κ2) is 6.48. The van der Waals surface area contributed by atoms with Crippen LogP contribution < -0.4 is 10.1 Å². The highest BCUT2D eigenvalue weighted by Gasteiger charge is 2.18. The molecule has 0 saturated heterocycles. The molecule has 0 radical (unpaired) electrons. The van der Waals surface area contributed by atoms with Gasteiger partial charge in [0.2, 0.25) is 0 Å². The third kappa shape index (κ3) is 3.29. The van der Waals surface area contributed by atoms with Crippen molar-refractivity contribution in [1.82, 2.24) is 14.8 Å². The van der Waals surface area contributed by atoms with E-state index < -0.39 is 10.8 Å². The maximum absolute atomic E-state index is 12.3. The van der Waals surface area contributed by atoms with Crippen molar-refractivity contribution in [2.45, 2.75) is 19.9 Å². The number of carbonyl (C=O) groups excluding carboxylic acids is 1. The molecule has 1 amide bonds. The number of fused-ring (bicyclic) bond motifs is 1. The van der Waals surface area contributed by atoms with E-state index in [0.717, 1.165) is 11.3 Å². The van der Waals surface area contributed by atoms with Crippen molar-refractivity contribution >= 4 is 38.3 Å². The first-order valence-corrected chi connectivity index (χ1v) is 8.20. The first kappa shape index (κ1) is 16.8. The second-order valence-electron chi connectivity index (χ2n) is 5.50. The van der Waals surface area contributed by atoms with Crippen molar-refractivity contribution in [3.63, 3.8) is 0 Å². The monoisotopic (exact) mass is 361 g/mol. The van der Waals surface area contributed by atoms with Gasteiger partial charge in [0, 0.05) is 18.3 Å². The van der Waals surface area contributed by atoms with E-state index in [1.165, 1.54) is 19.2 Å². The summed E-state index contributed by atoms with van der Waals surface area (Å²) >= 11 is 1.13. The fraction of sp³-hybridized carbons (Fsp3) is 0.267. The summed E-state index contributed by atoms with van der Waals surface area (Å²) in [6.45, 7) is 3.92. The minimum Gasteiger partial charge on any atom is -0.494 e. The molecule has 0 fully saturated rings. The normalized spacial score (nSPS) is 11.0. The van der Waals surface area contributed by atoms with Crippen LogP contribution in [0.25, 0.3) is 10.2 Å². The molecule has 3 aromatic rings. The van der Waals surface area contributed by atoms with Crippen LogP contribution in [0.2, 0.25) is 0 Å². The molecular formula is C15H15N5O4S. The van der Waals surface area contributed by atoms with E-state index in [4.69, 9.17) is 4.74 Å². The molecule has 2 heterocycles. The largest absolute Gasteiger partial charge is 0.494 e. The molecule has 0 atom stereocenters. The number of nitro benzene ring substituents is 1. The van der Waals surface area contributed by atoms with Gasteiger partial charge in [-0.15, -0.1) is 0 Å². The summed E-state index contributed by atoms with van der Waals surface area (Å²) in [4.78, 5) is 27.1. The summed E-state index contributed by atoms with van der Waals surface area (Å²) in [6, 6.07) is 4.47. The average Bonchev–Trinajstić information content (AvgIpc) is 3.20. The lowest BCUT2D eigenvalue weighted by Crippen LogP contribution is -2.13. The fourth-order valence-corrected chi connectivity index (χ4v) is 3.12. The molecule has 0 aliphatic rings. The van der Waals surface area contributed by atoms with E-state index in [0.29, 0.717) is 15.3 Å². The van der Waals surface area contributed by atoms with Crippen LogP contribution >= 0.6 is 11.3 Å². The average molecular weight is 361 g/mol. The molecule has 0 unspecified atom stereocenters. The van der Waals surface area contributed by atoms with Crippen molar-refractivity contribution < 1.29 is 14.5 Å². The van der Waals surface area contributed by atoms with Crippen molar-refractivity contribution in [3.05, 3.63) is 40.2 Å². The molecule has 1 aromatic carbocycles. The van der Waals surface area contributed by atoms with Gasteiger partial charge in [-0.05, 0) is 19.9 Å². The lowest BCUT2D eigenvalue weighted by atomic mass is 10.3. The van der Waals surface area contributed by atoms with Gasteiger partial charge in [-0.25, -0.2) is 4.98 Å². The number of non-ortho nitro benzene ring substituents is 1. The number of nitrogens with one attached hydrogen (secondary N) is 1. The number of anilines is 1. The van der Waals surface area contributed by atoms with E-state index in [1.54, 1.807) is 16.9 Å². The number of aromatic nitrogens is 3. The number of ether oxygens (including phenoxy) is 1. The van der Waals surface area contributed by atoms with Crippen LogP contribution in [0.15, 0.2) is 24.4 Å². The first-order chi connectivity index (χ1) is 11.9. The van der Waals surface area contributed by atoms with E-state index >= 15 is 0 Å². The van der Waals surface area contributed by atoms with E-state index in [-0.39, 0.29) is 23.2 Å². The minimum absolute atomic E-state index is 0.0958. The van der Waals surface area contributed by atoms with Gasteiger partial charge in [0.05, 0.1) is 22.8 Å². The molecule has 10 heteroatoms. The van der Waals surface area contributed by atoms with E-state index in [9.17, 15) is 14.9 Å². The quantitative estimate of drug-likeness (QED) is 0.551. The summed E-state index contributed by atoms with van der Waals surface area (Å²) in [5.41, 5.74) is 0.633. The Morgan fingerprint density at radius 3 is 2.80 bits per heavy atom. The Morgan fingerprint density at radius 2 is 2.20 bits per heavy atom. The summed E-state index contributed by atoms with van der Waals surface area (Å²) < 4.78 is 7.39. The van der Waals surface area contributed by atoms with Crippen LogP contribution in [-0.2, 0) is 0 Å². The summed E-state index contributed by atoms with van der Waals surface area (Å²) in [7, 11) is 1.41. The van der Waals surface area contributed by atoms with Crippen molar-refractivity contribution in [2.75, 3.05) is 12.4 Å². The molecule has 0 aliphatic carbocycles. The van der Waals surface area contributed by atoms with Crippen LogP contribution in [0, 0.1) is 10.1 Å². The predicted octanol–water partition coefficient (Wildman–Crippen LogP) is 3.24. The van der Waals surface area contributed by atoms with Gasteiger partial charge >= 0.3 is 0 Å². The summed E-state index contributed by atoms with van der Waals surface area (Å²) in [5.74, 6) is -0.114. The standard InChI is InChI=1S/C15H15N5O4S/c1-8(2)19-5-4-10(18-19)14(21)17-15-16-13-11(24-3)6-9(20(22)23)7-12(13)25-15/h4-8H,1-3H3,(H,16,17,21). The van der Waals surface area contributed by atoms with Crippen molar-refractivity contribution in [2.24, 2.45) is 0 Å². The van der Waals surface area contributed by atoms with E-state index in [1.807, 2.05) is 13.8 Å². The molecule has 0 saturated carbocycles. The molecular weight excluding hydrogens is 346 g/mol. The van der Waals surface area contributed by atoms with Gasteiger partial charge in [-0.3, -0.25) is 24.9 Å². The van der Waals surface area contributed by atoms with Crippen molar-refractivity contribution in [3.8, 4) is 5.75 Å². The zero-order valence-corrected chi connectivity index (χ0v) is 14.5. The lowest BCUT2D eigenvalue weighted by molar-refractivity contribution is -0.384. The topological polar surface area (TPSA) is 112 Å². The van der Waals surface area contributed by atoms with Gasteiger partial charge in [-0.2, -0.15) is 5.10 Å². The molecule has 9 nitrogen and oxygen atoms in total. The second-order valence-corrected chi connectivity index (χ2v) is 6.53. The zero-order chi connectivity index (χ0) is 18.1. The van der Waals surface area contributed by atoms with Crippen LogP contribution in [0.4, 0.5) is 10.8 Å². The maximum Gasteiger partial charge on any atom is 0.277 e. The number of nitrogens with zero attached hydrogens (tertiary/aromatic N) is 4. The summed E-state index contributed by atoms with van der Waals surface area (Å²) in [6.07, 6.45) is 1.73. The fourth-order valence-electron chi connectivity index (χ4n) is 2.21. The predicted molar refractivity (Wildman–Crippen MR) is 93.4 cm³/mol. The van der Waals surface area contributed by atoms with Gasteiger partial charge in [0.25, 0.3) is 11.6 Å².